The first-order valence-electron chi connectivity index (χ1n) is 5.41. The first-order valence-corrected chi connectivity index (χ1v) is 7.31. The normalized spacial score (nSPS) is 24.3. The minimum Gasteiger partial charge on any atom is -0.329 e. The maximum Gasteiger partial charge on any atom is 0.208 e. The van der Waals surface area contributed by atoms with Gasteiger partial charge in [0.25, 0.3) is 0 Å². The van der Waals surface area contributed by atoms with E-state index in [2.05, 4.69) is 9.62 Å². The molecule has 0 aromatic heterocycles. The third-order valence-electron chi connectivity index (χ3n) is 2.78. The van der Waals surface area contributed by atoms with Gasteiger partial charge in [-0.2, -0.15) is 0 Å². The van der Waals surface area contributed by atoms with Crippen LogP contribution in [0.5, 0.6) is 0 Å². The van der Waals surface area contributed by atoms with Gasteiger partial charge >= 0.3 is 0 Å². The zero-order valence-electron chi connectivity index (χ0n) is 9.28. The summed E-state index contributed by atoms with van der Waals surface area (Å²) in [6, 6.07) is 0.431. The van der Waals surface area contributed by atoms with E-state index in [1.807, 2.05) is 0 Å². The third-order valence-corrected chi connectivity index (χ3v) is 3.51. The summed E-state index contributed by atoms with van der Waals surface area (Å²) in [5.74, 6) is 0. The van der Waals surface area contributed by atoms with Crippen molar-refractivity contribution in [2.45, 2.75) is 25.3 Å². The van der Waals surface area contributed by atoms with Gasteiger partial charge in [-0.1, -0.05) is 6.42 Å². The molecule has 6 heteroatoms. The van der Waals surface area contributed by atoms with Gasteiger partial charge in [0, 0.05) is 25.7 Å². The molecule has 1 rings (SSSR count). The molecule has 0 saturated carbocycles. The van der Waals surface area contributed by atoms with E-state index in [0.29, 0.717) is 19.1 Å². The van der Waals surface area contributed by atoms with Gasteiger partial charge in [-0.3, -0.25) is 4.90 Å². The smallest absolute Gasteiger partial charge is 0.208 e. The van der Waals surface area contributed by atoms with E-state index in [9.17, 15) is 8.42 Å². The van der Waals surface area contributed by atoms with E-state index in [4.69, 9.17) is 5.73 Å². The minimum atomic E-state index is -3.06. The van der Waals surface area contributed by atoms with Gasteiger partial charge in [-0.15, -0.1) is 0 Å². The Labute approximate surface area is 92.1 Å². The fourth-order valence-electron chi connectivity index (χ4n) is 2.00. The summed E-state index contributed by atoms with van der Waals surface area (Å²) >= 11 is 0. The molecule has 0 spiro atoms. The lowest BCUT2D eigenvalue weighted by Crippen LogP contribution is -2.47. The van der Waals surface area contributed by atoms with Crippen LogP contribution in [0.15, 0.2) is 0 Å². The molecule has 1 aliphatic heterocycles. The Kier molecular flexibility index (Phi) is 4.98. The van der Waals surface area contributed by atoms with Gasteiger partial charge in [0.1, 0.15) is 0 Å². The number of piperidine rings is 1. The van der Waals surface area contributed by atoms with E-state index in [-0.39, 0.29) is 0 Å². The van der Waals surface area contributed by atoms with Gasteiger partial charge in [-0.25, -0.2) is 13.1 Å². The topological polar surface area (TPSA) is 75.4 Å². The van der Waals surface area contributed by atoms with Gasteiger partial charge in [0.15, 0.2) is 0 Å². The number of nitrogens with two attached hydrogens (primary N) is 1. The molecular weight excluding hydrogens is 214 g/mol. The Balaban J connectivity index is 2.29. The monoisotopic (exact) mass is 235 g/mol. The van der Waals surface area contributed by atoms with Crippen molar-refractivity contribution in [1.29, 1.82) is 0 Å². The second-order valence-electron chi connectivity index (χ2n) is 4.09. The molecule has 0 amide bonds. The summed E-state index contributed by atoms with van der Waals surface area (Å²) in [4.78, 5) is 2.28. The highest BCUT2D eigenvalue weighted by Gasteiger charge is 2.20. The van der Waals surface area contributed by atoms with Crippen LogP contribution in [0, 0.1) is 0 Å². The van der Waals surface area contributed by atoms with Crippen LogP contribution in [0.1, 0.15) is 19.3 Å². The molecule has 1 aliphatic rings. The number of nitrogens with zero attached hydrogens (tertiary/aromatic N) is 1. The molecule has 1 fully saturated rings. The molecule has 0 radical (unpaired) electrons. The molecule has 5 nitrogen and oxygen atoms in total. The maximum atomic E-state index is 10.9. The van der Waals surface area contributed by atoms with Crippen LogP contribution in [0.2, 0.25) is 0 Å². The van der Waals surface area contributed by atoms with E-state index in [1.165, 1.54) is 19.1 Å². The highest BCUT2D eigenvalue weighted by Crippen LogP contribution is 2.15. The Morgan fingerprint density at radius 1 is 1.47 bits per heavy atom. The molecule has 1 atom stereocenters. The lowest BCUT2D eigenvalue weighted by molar-refractivity contribution is 0.156. The van der Waals surface area contributed by atoms with Crippen LogP contribution in [0.4, 0.5) is 0 Å². The van der Waals surface area contributed by atoms with Gasteiger partial charge < -0.3 is 5.73 Å². The average molecular weight is 235 g/mol. The Bertz CT molecular complexity index is 279. The zero-order chi connectivity index (χ0) is 11.3. The number of hydrogen-bond acceptors (Lipinski definition) is 4. The Hall–Kier alpha value is -0.170. The largest absolute Gasteiger partial charge is 0.329 e. The van der Waals surface area contributed by atoms with E-state index in [0.717, 1.165) is 19.5 Å². The fourth-order valence-corrected chi connectivity index (χ4v) is 2.46. The summed E-state index contributed by atoms with van der Waals surface area (Å²) in [5, 5.41) is 0. The molecule has 0 aromatic carbocycles. The molecule has 90 valence electrons. The van der Waals surface area contributed by atoms with Crippen molar-refractivity contribution in [2.75, 3.05) is 32.4 Å². The van der Waals surface area contributed by atoms with Crippen LogP contribution in [-0.2, 0) is 10.0 Å². The molecule has 1 saturated heterocycles. The predicted octanol–water partition coefficient (Wildman–Crippen LogP) is -0.651. The number of rotatable bonds is 5. The van der Waals surface area contributed by atoms with Crippen molar-refractivity contribution >= 4 is 10.0 Å². The zero-order valence-corrected chi connectivity index (χ0v) is 10.1. The van der Waals surface area contributed by atoms with Crippen molar-refractivity contribution in [1.82, 2.24) is 9.62 Å². The lowest BCUT2D eigenvalue weighted by Gasteiger charge is -2.34. The molecule has 1 heterocycles. The molecule has 0 bridgehead atoms. The summed E-state index contributed by atoms with van der Waals surface area (Å²) in [7, 11) is -3.06. The van der Waals surface area contributed by atoms with Crippen LogP contribution in [-0.4, -0.2) is 51.8 Å². The summed E-state index contributed by atoms with van der Waals surface area (Å²) in [6.45, 7) is 2.94. The first kappa shape index (κ1) is 12.9. The predicted molar refractivity (Wildman–Crippen MR) is 61.1 cm³/mol. The van der Waals surface area contributed by atoms with Crippen molar-refractivity contribution in [2.24, 2.45) is 5.73 Å². The minimum absolute atomic E-state index is 0.431. The highest BCUT2D eigenvalue weighted by molar-refractivity contribution is 7.88. The Morgan fingerprint density at radius 2 is 2.20 bits per heavy atom. The summed E-state index contributed by atoms with van der Waals surface area (Å²) < 4.78 is 24.2. The lowest BCUT2D eigenvalue weighted by atomic mass is 10.0. The van der Waals surface area contributed by atoms with Crippen LogP contribution < -0.4 is 10.5 Å². The van der Waals surface area contributed by atoms with Gasteiger partial charge in [-0.05, 0) is 19.4 Å². The molecule has 0 aromatic rings. The summed E-state index contributed by atoms with van der Waals surface area (Å²) in [5.41, 5.74) is 5.67. The standard InChI is InChI=1S/C9H21N3O2S/c1-15(13,14)11-5-7-12-6-3-2-4-9(12)8-10/h9,11H,2-8,10H2,1H3. The van der Waals surface area contributed by atoms with Crippen molar-refractivity contribution in [3.8, 4) is 0 Å². The highest BCUT2D eigenvalue weighted by atomic mass is 32.2. The average Bonchev–Trinajstić information content (AvgIpc) is 2.16. The van der Waals surface area contributed by atoms with Crippen molar-refractivity contribution < 1.29 is 8.42 Å². The van der Waals surface area contributed by atoms with E-state index >= 15 is 0 Å². The van der Waals surface area contributed by atoms with Gasteiger partial charge in [0.2, 0.25) is 10.0 Å². The van der Waals surface area contributed by atoms with E-state index < -0.39 is 10.0 Å². The first-order chi connectivity index (χ1) is 7.03. The van der Waals surface area contributed by atoms with Crippen LogP contribution in [0.3, 0.4) is 0 Å². The fraction of sp³-hybridized carbons (Fsp3) is 1.00. The second kappa shape index (κ2) is 5.79. The van der Waals surface area contributed by atoms with Crippen molar-refractivity contribution in [3.05, 3.63) is 0 Å². The quantitative estimate of drug-likeness (QED) is 0.664. The van der Waals surface area contributed by atoms with Crippen molar-refractivity contribution in [3.63, 3.8) is 0 Å². The molecular formula is C9H21N3O2S. The van der Waals surface area contributed by atoms with Gasteiger partial charge in [0.05, 0.1) is 6.26 Å². The molecule has 0 aliphatic carbocycles. The van der Waals surface area contributed by atoms with E-state index in [1.54, 1.807) is 0 Å². The maximum absolute atomic E-state index is 10.9. The number of sulfonamides is 1. The number of nitrogens with one attached hydrogen (secondary N) is 1. The molecule has 15 heavy (non-hydrogen) atoms. The molecule has 1 unspecified atom stereocenters. The molecule has 3 N–H and O–H groups in total. The summed E-state index contributed by atoms with van der Waals surface area (Å²) in [6.07, 6.45) is 4.74. The van der Waals surface area contributed by atoms with Crippen LogP contribution in [0.25, 0.3) is 0 Å². The third kappa shape index (κ3) is 4.92. The number of hydrogen-bond donors (Lipinski definition) is 2. The Morgan fingerprint density at radius 3 is 2.80 bits per heavy atom. The number of likely N-dealkylation sites (tertiary alicyclic amines) is 1. The second-order valence-corrected chi connectivity index (χ2v) is 5.92. The van der Waals surface area contributed by atoms with Crippen LogP contribution >= 0.6 is 0 Å². The SMILES string of the molecule is CS(=O)(=O)NCCN1CCCCC1CN.